The molecule has 0 aromatic carbocycles. The zero-order chi connectivity index (χ0) is 12.5. The molecule has 0 aromatic heterocycles. The summed E-state index contributed by atoms with van der Waals surface area (Å²) in [5, 5.41) is 3.32. The van der Waals surface area contributed by atoms with Crippen molar-refractivity contribution in [3.05, 3.63) is 0 Å². The number of aliphatic imine (C=N–C) groups is 1. The molecule has 0 radical (unpaired) electrons. The lowest BCUT2D eigenvalue weighted by atomic mass is 10.3. The third kappa shape index (κ3) is 5.89. The summed E-state index contributed by atoms with van der Waals surface area (Å²) in [6, 6.07) is 0.379. The van der Waals surface area contributed by atoms with Crippen molar-refractivity contribution in [2.75, 3.05) is 26.2 Å². The van der Waals surface area contributed by atoms with Crippen LogP contribution in [0.15, 0.2) is 4.99 Å². The molecule has 1 aliphatic rings. The monoisotopic (exact) mass is 241 g/mol. The van der Waals surface area contributed by atoms with Gasteiger partial charge in [0.05, 0.1) is 0 Å². The Hall–Kier alpha value is -0.810. The van der Waals surface area contributed by atoms with E-state index >= 15 is 0 Å². The van der Waals surface area contributed by atoms with Gasteiger partial charge in [-0.05, 0) is 39.3 Å². The number of hydrogen-bond donors (Lipinski definition) is 3. The number of hydrogen-bond acceptors (Lipinski definition) is 3. The smallest absolute Gasteiger partial charge is 0.205 e. The maximum atomic E-state index is 5.45. The summed E-state index contributed by atoms with van der Waals surface area (Å²) in [7, 11) is 0. The number of nitrogens with two attached hydrogens (primary N) is 1. The van der Waals surface area contributed by atoms with Gasteiger partial charge >= 0.3 is 0 Å². The van der Waals surface area contributed by atoms with Gasteiger partial charge in [0.25, 0.3) is 0 Å². The number of hydrazine groups is 1. The van der Waals surface area contributed by atoms with Gasteiger partial charge in [-0.25, -0.2) is 5.84 Å². The van der Waals surface area contributed by atoms with Crippen molar-refractivity contribution < 1.29 is 0 Å². The van der Waals surface area contributed by atoms with Crippen LogP contribution in [0.3, 0.4) is 0 Å². The minimum Gasteiger partial charge on any atom is -0.352 e. The number of unbranched alkanes of at least 4 members (excludes halogenated alkanes) is 1. The highest BCUT2D eigenvalue weighted by atomic mass is 15.3. The standard InChI is InChI=1S/C12H27N5/c1-3-4-7-14-12(16-13)15-11(2)10-17-8-5-6-9-17/h11H,3-10,13H2,1-2H3,(H2,14,15,16). The molecule has 4 N–H and O–H groups in total. The SMILES string of the molecule is CCCCN=C(NN)NC(C)CN1CCCC1. The molecule has 0 spiro atoms. The predicted octanol–water partition coefficient (Wildman–Crippen LogP) is 0.680. The first-order valence-electron chi connectivity index (χ1n) is 6.76. The van der Waals surface area contributed by atoms with Gasteiger partial charge in [-0.3, -0.25) is 10.4 Å². The van der Waals surface area contributed by atoms with Crippen molar-refractivity contribution in [3.8, 4) is 0 Å². The summed E-state index contributed by atoms with van der Waals surface area (Å²) in [5.74, 6) is 6.17. The maximum absolute atomic E-state index is 5.45. The Kier molecular flexibility index (Phi) is 6.96. The van der Waals surface area contributed by atoms with Crippen LogP contribution in [0.25, 0.3) is 0 Å². The van der Waals surface area contributed by atoms with Crippen LogP contribution in [0.5, 0.6) is 0 Å². The molecule has 0 bridgehead atoms. The fourth-order valence-corrected chi connectivity index (χ4v) is 2.11. The van der Waals surface area contributed by atoms with Gasteiger partial charge in [0, 0.05) is 19.1 Å². The van der Waals surface area contributed by atoms with Gasteiger partial charge < -0.3 is 10.2 Å². The molecule has 5 heteroatoms. The predicted molar refractivity (Wildman–Crippen MR) is 72.8 cm³/mol. The van der Waals surface area contributed by atoms with Crippen molar-refractivity contribution >= 4 is 5.96 Å². The molecule has 0 amide bonds. The van der Waals surface area contributed by atoms with Gasteiger partial charge in [0.2, 0.25) is 5.96 Å². The van der Waals surface area contributed by atoms with Crippen molar-refractivity contribution in [2.45, 2.75) is 45.6 Å². The van der Waals surface area contributed by atoms with Gasteiger partial charge in [-0.15, -0.1) is 0 Å². The molecule has 1 fully saturated rings. The molecule has 1 rings (SSSR count). The van der Waals surface area contributed by atoms with Crippen LogP contribution in [0.4, 0.5) is 0 Å². The summed E-state index contributed by atoms with van der Waals surface area (Å²) in [6.07, 6.45) is 4.93. The van der Waals surface area contributed by atoms with Gasteiger partial charge in [-0.1, -0.05) is 13.3 Å². The zero-order valence-electron chi connectivity index (χ0n) is 11.2. The minimum absolute atomic E-state index is 0.379. The van der Waals surface area contributed by atoms with E-state index in [-0.39, 0.29) is 0 Å². The normalized spacial score (nSPS) is 19.4. The van der Waals surface area contributed by atoms with E-state index in [1.807, 2.05) is 0 Å². The van der Waals surface area contributed by atoms with Crippen LogP contribution in [0, 0.1) is 0 Å². The molecule has 5 nitrogen and oxygen atoms in total. The highest BCUT2D eigenvalue weighted by Crippen LogP contribution is 2.07. The lowest BCUT2D eigenvalue weighted by molar-refractivity contribution is 0.311. The third-order valence-corrected chi connectivity index (χ3v) is 3.03. The van der Waals surface area contributed by atoms with Gasteiger partial charge in [0.1, 0.15) is 0 Å². The van der Waals surface area contributed by atoms with Crippen molar-refractivity contribution in [2.24, 2.45) is 10.8 Å². The molecular weight excluding hydrogens is 214 g/mol. The molecule has 0 saturated carbocycles. The van der Waals surface area contributed by atoms with Crippen molar-refractivity contribution in [1.82, 2.24) is 15.6 Å². The summed E-state index contributed by atoms with van der Waals surface area (Å²) >= 11 is 0. The fraction of sp³-hybridized carbons (Fsp3) is 0.917. The number of rotatable bonds is 6. The Morgan fingerprint density at radius 2 is 2.12 bits per heavy atom. The summed E-state index contributed by atoms with van der Waals surface area (Å²) < 4.78 is 0. The van der Waals surface area contributed by atoms with Crippen LogP contribution in [0.2, 0.25) is 0 Å². The molecule has 100 valence electrons. The summed E-state index contributed by atoms with van der Waals surface area (Å²) in [6.45, 7) is 8.68. The second-order valence-electron chi connectivity index (χ2n) is 4.78. The Balaban J connectivity index is 2.25. The molecule has 1 atom stereocenters. The third-order valence-electron chi connectivity index (χ3n) is 3.03. The molecular formula is C12H27N5. The molecule has 0 aliphatic carbocycles. The molecule has 1 aliphatic heterocycles. The Labute approximate surface area is 105 Å². The van der Waals surface area contributed by atoms with Crippen LogP contribution in [-0.4, -0.2) is 43.1 Å². The number of guanidine groups is 1. The highest BCUT2D eigenvalue weighted by Gasteiger charge is 2.14. The number of likely N-dealkylation sites (tertiary alicyclic amines) is 1. The van der Waals surface area contributed by atoms with E-state index in [0.29, 0.717) is 12.0 Å². The van der Waals surface area contributed by atoms with E-state index in [1.165, 1.54) is 25.9 Å². The zero-order valence-corrected chi connectivity index (χ0v) is 11.2. The Morgan fingerprint density at radius 1 is 1.41 bits per heavy atom. The average molecular weight is 241 g/mol. The lowest BCUT2D eigenvalue weighted by Crippen LogP contribution is -2.49. The lowest BCUT2D eigenvalue weighted by Gasteiger charge is -2.22. The van der Waals surface area contributed by atoms with E-state index in [0.717, 1.165) is 25.9 Å². The number of nitrogens with zero attached hydrogens (tertiary/aromatic N) is 2. The van der Waals surface area contributed by atoms with E-state index in [1.54, 1.807) is 0 Å². The van der Waals surface area contributed by atoms with Gasteiger partial charge in [-0.2, -0.15) is 0 Å². The number of nitrogens with one attached hydrogen (secondary N) is 2. The highest BCUT2D eigenvalue weighted by molar-refractivity contribution is 5.79. The Morgan fingerprint density at radius 3 is 2.71 bits per heavy atom. The van der Waals surface area contributed by atoms with Crippen LogP contribution in [-0.2, 0) is 0 Å². The van der Waals surface area contributed by atoms with Crippen LogP contribution >= 0.6 is 0 Å². The van der Waals surface area contributed by atoms with E-state index in [2.05, 4.69) is 34.5 Å². The second kappa shape index (κ2) is 8.31. The molecule has 1 unspecified atom stereocenters. The van der Waals surface area contributed by atoms with E-state index in [4.69, 9.17) is 5.84 Å². The largest absolute Gasteiger partial charge is 0.352 e. The summed E-state index contributed by atoms with van der Waals surface area (Å²) in [5.41, 5.74) is 2.64. The molecule has 17 heavy (non-hydrogen) atoms. The quantitative estimate of drug-likeness (QED) is 0.210. The topological polar surface area (TPSA) is 65.7 Å². The Bertz CT molecular complexity index is 223. The first-order chi connectivity index (χ1) is 8.26. The van der Waals surface area contributed by atoms with E-state index in [9.17, 15) is 0 Å². The minimum atomic E-state index is 0.379. The van der Waals surface area contributed by atoms with Gasteiger partial charge in [0.15, 0.2) is 0 Å². The fourth-order valence-electron chi connectivity index (χ4n) is 2.11. The van der Waals surface area contributed by atoms with Crippen LogP contribution in [0.1, 0.15) is 39.5 Å². The molecule has 1 heterocycles. The molecule has 0 aromatic rings. The first-order valence-corrected chi connectivity index (χ1v) is 6.76. The van der Waals surface area contributed by atoms with Crippen LogP contribution < -0.4 is 16.6 Å². The average Bonchev–Trinajstić information content (AvgIpc) is 2.80. The first kappa shape index (κ1) is 14.3. The maximum Gasteiger partial charge on any atom is 0.205 e. The van der Waals surface area contributed by atoms with Crippen molar-refractivity contribution in [1.29, 1.82) is 0 Å². The summed E-state index contributed by atoms with van der Waals surface area (Å²) in [4.78, 5) is 6.88. The second-order valence-corrected chi connectivity index (χ2v) is 4.78. The van der Waals surface area contributed by atoms with Crippen molar-refractivity contribution in [3.63, 3.8) is 0 Å². The van der Waals surface area contributed by atoms with E-state index < -0.39 is 0 Å². The molecule has 1 saturated heterocycles.